The van der Waals surface area contributed by atoms with Crippen molar-refractivity contribution in [2.45, 2.75) is 116 Å². The summed E-state index contributed by atoms with van der Waals surface area (Å²) in [6.45, 7) is 11.4. The number of aliphatic hydroxyl groups excluding tert-OH is 2. The summed E-state index contributed by atoms with van der Waals surface area (Å²) in [5.41, 5.74) is -1.68. The Balaban J connectivity index is 1.35. The lowest BCUT2D eigenvalue weighted by atomic mass is 9.42. The van der Waals surface area contributed by atoms with Gasteiger partial charge in [-0.1, -0.05) is 53.4 Å². The minimum absolute atomic E-state index is 0.0164. The maximum Gasteiger partial charge on any atom is 0.345 e. The van der Waals surface area contributed by atoms with Crippen LogP contribution in [0.5, 0.6) is 5.75 Å². The molecule has 42 heavy (non-hydrogen) atoms. The molecule has 4 aliphatic rings. The predicted octanol–water partition coefficient (Wildman–Crippen LogP) is 6.15. The predicted molar refractivity (Wildman–Crippen MR) is 161 cm³/mol. The van der Waals surface area contributed by atoms with Gasteiger partial charge in [0, 0.05) is 42.0 Å². The van der Waals surface area contributed by atoms with E-state index in [1.165, 1.54) is 0 Å². The molecule has 2 saturated carbocycles. The van der Waals surface area contributed by atoms with Crippen molar-refractivity contribution in [3.8, 4) is 17.1 Å². The number of aromatic nitrogens is 1. The number of nitrogens with zero attached hydrogens (tertiary/aromatic N) is 1. The Labute approximate surface area is 250 Å². The third-order valence-corrected chi connectivity index (χ3v) is 15.0. The molecule has 2 unspecified atom stereocenters. The summed E-state index contributed by atoms with van der Waals surface area (Å²) in [7, 11) is -2.32. The van der Waals surface area contributed by atoms with Gasteiger partial charge in [0.15, 0.2) is 0 Å². The van der Waals surface area contributed by atoms with E-state index < -0.39 is 43.3 Å². The van der Waals surface area contributed by atoms with E-state index in [1.54, 1.807) is 30.6 Å². The van der Waals surface area contributed by atoms with E-state index in [0.29, 0.717) is 24.4 Å². The zero-order chi connectivity index (χ0) is 29.9. The highest BCUT2D eigenvalue weighted by Gasteiger charge is 2.70. The summed E-state index contributed by atoms with van der Waals surface area (Å²) in [4.78, 5) is 17.5. The highest BCUT2D eigenvalue weighted by atomic mass is 28.4. The number of ether oxygens (including phenoxy) is 1. The first-order chi connectivity index (χ1) is 20.0. The van der Waals surface area contributed by atoms with Gasteiger partial charge in [-0.05, 0) is 61.7 Å². The van der Waals surface area contributed by atoms with Crippen LogP contribution in [-0.4, -0.2) is 48.2 Å². The molecule has 0 aromatic carbocycles. The van der Waals surface area contributed by atoms with Gasteiger partial charge in [0.2, 0.25) is 0 Å². The van der Waals surface area contributed by atoms with Crippen molar-refractivity contribution in [1.82, 2.24) is 4.98 Å². The normalized spacial score (nSPS) is 38.4. The molecule has 2 N–H and O–H groups in total. The fourth-order valence-corrected chi connectivity index (χ4v) is 13.2. The molecule has 0 bridgehead atoms. The monoisotopic (exact) mass is 597 g/mol. The van der Waals surface area contributed by atoms with Gasteiger partial charge in [0.25, 0.3) is 0 Å². The van der Waals surface area contributed by atoms with Crippen molar-refractivity contribution >= 4 is 8.56 Å². The molecule has 2 aliphatic heterocycles. The lowest BCUT2D eigenvalue weighted by molar-refractivity contribution is -0.269. The topological polar surface area (TPSA) is 111 Å². The van der Waals surface area contributed by atoms with E-state index >= 15 is 0 Å². The van der Waals surface area contributed by atoms with Gasteiger partial charge in [-0.3, -0.25) is 4.98 Å². The van der Waals surface area contributed by atoms with Crippen LogP contribution in [-0.2, 0) is 8.85 Å². The smallest absolute Gasteiger partial charge is 0.345 e. The molecule has 4 heterocycles. The Morgan fingerprint density at radius 2 is 1.83 bits per heavy atom. The number of fused-ring (bicyclic) bond motifs is 6. The molecule has 0 spiro atoms. The van der Waals surface area contributed by atoms with E-state index in [1.807, 2.05) is 6.92 Å². The molecular formula is C33H47NO7Si. The second-order valence-electron chi connectivity index (χ2n) is 14.0. The van der Waals surface area contributed by atoms with Gasteiger partial charge < -0.3 is 28.2 Å². The van der Waals surface area contributed by atoms with Crippen molar-refractivity contribution in [2.24, 2.45) is 22.7 Å². The molecule has 3 fully saturated rings. The van der Waals surface area contributed by atoms with Crippen molar-refractivity contribution in [1.29, 1.82) is 0 Å². The second-order valence-corrected chi connectivity index (χ2v) is 17.3. The molecule has 9 heteroatoms. The third kappa shape index (κ3) is 4.53. The van der Waals surface area contributed by atoms with Gasteiger partial charge >= 0.3 is 14.2 Å². The number of unbranched alkanes of at least 4 members (excludes halogenated alkanes) is 2. The highest BCUT2D eigenvalue weighted by Crippen LogP contribution is 2.68. The van der Waals surface area contributed by atoms with Crippen LogP contribution in [0.15, 0.2) is 39.8 Å². The largest absolute Gasteiger partial charge is 0.484 e. The van der Waals surface area contributed by atoms with Crippen LogP contribution in [0.3, 0.4) is 0 Å². The van der Waals surface area contributed by atoms with E-state index in [0.717, 1.165) is 50.6 Å². The highest BCUT2D eigenvalue weighted by molar-refractivity contribution is 6.67. The van der Waals surface area contributed by atoms with Gasteiger partial charge in [0.1, 0.15) is 22.7 Å². The van der Waals surface area contributed by atoms with Crippen molar-refractivity contribution < 1.29 is 28.2 Å². The van der Waals surface area contributed by atoms with Crippen LogP contribution in [0, 0.1) is 22.7 Å². The Hall–Kier alpha value is -2.04. The summed E-state index contributed by atoms with van der Waals surface area (Å²) in [5, 5.41) is 23.9. The van der Waals surface area contributed by atoms with Crippen LogP contribution >= 0.6 is 0 Å². The first kappa shape index (κ1) is 30.0. The quantitative estimate of drug-likeness (QED) is 0.366. The van der Waals surface area contributed by atoms with Gasteiger partial charge in [0.05, 0.1) is 18.3 Å². The van der Waals surface area contributed by atoms with E-state index in [9.17, 15) is 15.0 Å². The van der Waals surface area contributed by atoms with Crippen molar-refractivity contribution in [2.75, 3.05) is 6.61 Å². The molecule has 230 valence electrons. The zero-order valence-electron chi connectivity index (χ0n) is 25.7. The van der Waals surface area contributed by atoms with Gasteiger partial charge in [-0.2, -0.15) is 0 Å². The van der Waals surface area contributed by atoms with Crippen LogP contribution in [0.25, 0.3) is 11.3 Å². The fraction of sp³-hybridized carbons (Fsp3) is 0.697. The van der Waals surface area contributed by atoms with Gasteiger partial charge in [-0.15, -0.1) is 0 Å². The zero-order valence-corrected chi connectivity index (χ0v) is 26.7. The molecule has 2 aromatic heterocycles. The minimum atomic E-state index is -2.32. The summed E-state index contributed by atoms with van der Waals surface area (Å²) >= 11 is 0. The van der Waals surface area contributed by atoms with Crippen LogP contribution in [0.1, 0.15) is 91.2 Å². The number of hydrogen-bond donors (Lipinski definition) is 2. The van der Waals surface area contributed by atoms with Gasteiger partial charge in [-0.25, -0.2) is 4.79 Å². The lowest BCUT2D eigenvalue weighted by Gasteiger charge is -2.68. The van der Waals surface area contributed by atoms with Crippen molar-refractivity contribution in [3.05, 3.63) is 46.6 Å². The number of aliphatic hydroxyl groups is 2. The standard InChI is InChI=1S/C33H47NO7Si/c1-6-8-15-42(16-9-7-2)38-20-32(4)24-18-25(35)33(5)29(31(24,3)13-12-26(32)41-42)28(36)27-23(40-33)17-22(39-30(27)37)21-11-10-14-34-19-21/h10-11,14,17,19,24-26,28-29,35-36H,6-9,12-13,15-16,18,20H2,1-5H3/t24?,25-,26-,28-,29?,31-,32-,33+/m0/s1. The molecule has 8 atom stereocenters. The van der Waals surface area contributed by atoms with Crippen LogP contribution in [0.2, 0.25) is 12.1 Å². The lowest BCUT2D eigenvalue weighted by Crippen LogP contribution is -2.72. The number of rotatable bonds is 7. The van der Waals surface area contributed by atoms with E-state index in [-0.39, 0.29) is 28.7 Å². The summed E-state index contributed by atoms with van der Waals surface area (Å²) < 4.78 is 26.3. The average molecular weight is 598 g/mol. The molecule has 1 saturated heterocycles. The molecule has 8 nitrogen and oxygen atoms in total. The molecule has 0 amide bonds. The third-order valence-electron chi connectivity index (χ3n) is 11.4. The van der Waals surface area contributed by atoms with Crippen LogP contribution in [0.4, 0.5) is 0 Å². The molecule has 2 aliphatic carbocycles. The number of hydrogen-bond acceptors (Lipinski definition) is 8. The first-order valence-corrected chi connectivity index (χ1v) is 18.2. The Morgan fingerprint density at radius 3 is 2.50 bits per heavy atom. The maximum absolute atomic E-state index is 13.4. The van der Waals surface area contributed by atoms with E-state index in [4.69, 9.17) is 18.0 Å². The summed E-state index contributed by atoms with van der Waals surface area (Å²) in [6, 6.07) is 7.28. The Kier molecular flexibility index (Phi) is 7.74. The molecular weight excluding hydrogens is 550 g/mol. The molecule has 6 rings (SSSR count). The Morgan fingerprint density at radius 1 is 1.10 bits per heavy atom. The molecule has 2 aromatic rings. The summed E-state index contributed by atoms with van der Waals surface area (Å²) in [5.74, 6) is 0.0890. The average Bonchev–Trinajstić information content (AvgIpc) is 2.97. The van der Waals surface area contributed by atoms with Crippen molar-refractivity contribution in [3.63, 3.8) is 0 Å². The Bertz CT molecular complexity index is 1340. The first-order valence-electron chi connectivity index (χ1n) is 16.0. The maximum atomic E-state index is 13.4. The van der Waals surface area contributed by atoms with Crippen LogP contribution < -0.4 is 10.4 Å². The summed E-state index contributed by atoms with van der Waals surface area (Å²) in [6.07, 6.45) is 8.00. The SMILES string of the molecule is CCCC[Si]1(CCCC)OC[C@@]2(C)C3C[C@H](O)[C@@]4(C)Oc5cc(-c6cccnc6)oc(=O)c5[C@H](O)C4[C@@]3(C)CC[C@@H]2O1. The number of pyridine rings is 1. The fourth-order valence-electron chi connectivity index (χ4n) is 9.09. The molecule has 0 radical (unpaired) electrons. The van der Waals surface area contributed by atoms with E-state index in [2.05, 4.69) is 32.7 Å². The second kappa shape index (κ2) is 10.8. The minimum Gasteiger partial charge on any atom is -0.484 e.